The summed E-state index contributed by atoms with van der Waals surface area (Å²) in [5.41, 5.74) is 0.934. The molecule has 24 heavy (non-hydrogen) atoms. The first-order valence-corrected chi connectivity index (χ1v) is 7.96. The number of hydrogen-bond acceptors (Lipinski definition) is 4. The average Bonchev–Trinajstić information content (AvgIpc) is 3.10. The van der Waals surface area contributed by atoms with Gasteiger partial charge >= 0.3 is 0 Å². The Bertz CT molecular complexity index is 979. The summed E-state index contributed by atoms with van der Waals surface area (Å²) in [5.74, 6) is -1.44. The highest BCUT2D eigenvalue weighted by Gasteiger charge is 2.32. The lowest BCUT2D eigenvalue weighted by atomic mass is 10.2. The van der Waals surface area contributed by atoms with Crippen LogP contribution in [-0.2, 0) is 0 Å². The number of fused-ring (bicyclic) bond motifs is 1. The van der Waals surface area contributed by atoms with Crippen molar-refractivity contribution in [2.24, 2.45) is 0 Å². The maximum Gasteiger partial charge on any atom is 0.147 e. The van der Waals surface area contributed by atoms with Gasteiger partial charge in [-0.25, -0.2) is 13.8 Å². The Morgan fingerprint density at radius 3 is 2.75 bits per heavy atom. The predicted molar refractivity (Wildman–Crippen MR) is 90.6 cm³/mol. The molecule has 0 saturated heterocycles. The van der Waals surface area contributed by atoms with Crippen molar-refractivity contribution >= 4 is 38.6 Å². The maximum absolute atomic E-state index is 14.0. The highest BCUT2D eigenvalue weighted by molar-refractivity contribution is 7.19. The molecule has 2 heterocycles. The number of anilines is 1. The smallest absolute Gasteiger partial charge is 0.147 e. The number of nitrogens with one attached hydrogen (secondary N) is 1. The standard InChI is InChI=1S/C17H11F2N3OS/c18-9-5-6-10(19)12(7-9)22-8-13(23)15(16(22)20)17-21-11-3-1-2-4-14(11)24-17/h1-7,20,23H,8H2. The van der Waals surface area contributed by atoms with Crippen LogP contribution in [0.4, 0.5) is 14.5 Å². The summed E-state index contributed by atoms with van der Waals surface area (Å²) in [6.07, 6.45) is 0. The first-order valence-electron chi connectivity index (χ1n) is 7.14. The molecule has 2 N–H and O–H groups in total. The number of hydrogen-bond donors (Lipinski definition) is 2. The van der Waals surface area contributed by atoms with E-state index in [9.17, 15) is 13.9 Å². The number of aliphatic hydroxyl groups is 1. The van der Waals surface area contributed by atoms with Crippen molar-refractivity contribution in [2.75, 3.05) is 11.4 Å². The third-order valence-corrected chi connectivity index (χ3v) is 4.86. The van der Waals surface area contributed by atoms with Crippen molar-refractivity contribution < 1.29 is 13.9 Å². The molecule has 2 aromatic carbocycles. The molecule has 1 aliphatic rings. The number of halogens is 2. The number of thiazole rings is 1. The Kier molecular flexibility index (Phi) is 3.31. The first-order chi connectivity index (χ1) is 11.5. The second-order valence-electron chi connectivity index (χ2n) is 5.34. The van der Waals surface area contributed by atoms with E-state index in [4.69, 9.17) is 5.41 Å². The van der Waals surface area contributed by atoms with Gasteiger partial charge in [0.25, 0.3) is 0 Å². The number of amidine groups is 1. The van der Waals surface area contributed by atoms with Crippen LogP contribution in [0.2, 0.25) is 0 Å². The molecule has 0 radical (unpaired) electrons. The summed E-state index contributed by atoms with van der Waals surface area (Å²) in [4.78, 5) is 5.66. The number of rotatable bonds is 2. The summed E-state index contributed by atoms with van der Waals surface area (Å²) >= 11 is 1.34. The van der Waals surface area contributed by atoms with Crippen LogP contribution in [0.15, 0.2) is 48.2 Å². The van der Waals surface area contributed by atoms with Gasteiger partial charge in [-0.15, -0.1) is 11.3 Å². The van der Waals surface area contributed by atoms with Crippen LogP contribution in [0.25, 0.3) is 15.8 Å². The van der Waals surface area contributed by atoms with Crippen LogP contribution in [0, 0.1) is 17.0 Å². The SMILES string of the molecule is N=C1C(c2nc3ccccc3s2)=C(O)CN1c1cc(F)ccc1F. The number of para-hydroxylation sites is 1. The molecule has 1 aliphatic heterocycles. The molecule has 0 spiro atoms. The average molecular weight is 343 g/mol. The second kappa shape index (κ2) is 5.38. The predicted octanol–water partition coefficient (Wildman–Crippen LogP) is 4.34. The van der Waals surface area contributed by atoms with E-state index in [0.29, 0.717) is 5.01 Å². The zero-order valence-electron chi connectivity index (χ0n) is 12.3. The van der Waals surface area contributed by atoms with E-state index >= 15 is 0 Å². The fourth-order valence-corrected chi connectivity index (χ4v) is 3.72. The van der Waals surface area contributed by atoms with Gasteiger partial charge in [-0.3, -0.25) is 5.41 Å². The van der Waals surface area contributed by atoms with Crippen molar-refractivity contribution in [2.45, 2.75) is 0 Å². The van der Waals surface area contributed by atoms with Crippen molar-refractivity contribution in [3.63, 3.8) is 0 Å². The molecule has 120 valence electrons. The van der Waals surface area contributed by atoms with Crippen molar-refractivity contribution in [3.05, 3.63) is 64.9 Å². The van der Waals surface area contributed by atoms with Crippen molar-refractivity contribution in [1.29, 1.82) is 5.41 Å². The Morgan fingerprint density at radius 2 is 1.96 bits per heavy atom. The first kappa shape index (κ1) is 14.8. The van der Waals surface area contributed by atoms with Crippen LogP contribution in [0.1, 0.15) is 5.01 Å². The summed E-state index contributed by atoms with van der Waals surface area (Å²) in [7, 11) is 0. The highest BCUT2D eigenvalue weighted by atomic mass is 32.1. The zero-order chi connectivity index (χ0) is 16.8. The minimum Gasteiger partial charge on any atom is -0.510 e. The van der Waals surface area contributed by atoms with Gasteiger partial charge < -0.3 is 10.0 Å². The quantitative estimate of drug-likeness (QED) is 0.728. The highest BCUT2D eigenvalue weighted by Crippen LogP contribution is 2.35. The van der Waals surface area contributed by atoms with Gasteiger partial charge in [-0.1, -0.05) is 12.1 Å². The van der Waals surface area contributed by atoms with Crippen LogP contribution in [-0.4, -0.2) is 22.5 Å². The van der Waals surface area contributed by atoms with Crippen LogP contribution in [0.3, 0.4) is 0 Å². The van der Waals surface area contributed by atoms with Crippen LogP contribution >= 0.6 is 11.3 Å². The molecule has 0 unspecified atom stereocenters. The molecular formula is C17H11F2N3OS. The Labute approximate surface area is 139 Å². The van der Waals surface area contributed by atoms with E-state index in [1.165, 1.54) is 16.2 Å². The van der Waals surface area contributed by atoms with Crippen LogP contribution < -0.4 is 4.90 Å². The van der Waals surface area contributed by atoms with E-state index < -0.39 is 11.6 Å². The molecule has 0 fully saturated rings. The molecule has 4 rings (SSSR count). The molecule has 0 amide bonds. The topological polar surface area (TPSA) is 60.2 Å². The molecule has 0 saturated carbocycles. The lowest BCUT2D eigenvalue weighted by Crippen LogP contribution is -2.27. The van der Waals surface area contributed by atoms with Crippen LogP contribution in [0.5, 0.6) is 0 Å². The number of aromatic nitrogens is 1. The zero-order valence-corrected chi connectivity index (χ0v) is 13.1. The molecule has 0 aliphatic carbocycles. The minimum absolute atomic E-state index is 0.0808. The molecule has 1 aromatic heterocycles. The van der Waals surface area contributed by atoms with E-state index in [-0.39, 0.29) is 29.4 Å². The lowest BCUT2D eigenvalue weighted by molar-refractivity contribution is 0.411. The summed E-state index contributed by atoms with van der Waals surface area (Å²) in [6, 6.07) is 10.5. The Balaban J connectivity index is 1.76. The number of aliphatic hydroxyl groups excluding tert-OH is 1. The van der Waals surface area contributed by atoms with Gasteiger partial charge in [0.1, 0.15) is 28.2 Å². The summed E-state index contributed by atoms with van der Waals surface area (Å²) < 4.78 is 28.4. The fourth-order valence-electron chi connectivity index (χ4n) is 2.68. The minimum atomic E-state index is -0.653. The largest absolute Gasteiger partial charge is 0.510 e. The van der Waals surface area contributed by atoms with Gasteiger partial charge in [-0.2, -0.15) is 0 Å². The van der Waals surface area contributed by atoms with E-state index in [1.54, 1.807) is 0 Å². The Hall–Kier alpha value is -2.80. The lowest BCUT2D eigenvalue weighted by Gasteiger charge is -2.19. The molecule has 3 aromatic rings. The molecule has 0 bridgehead atoms. The third-order valence-electron chi connectivity index (χ3n) is 3.81. The second-order valence-corrected chi connectivity index (χ2v) is 6.37. The van der Waals surface area contributed by atoms with Gasteiger partial charge in [0, 0.05) is 6.07 Å². The fraction of sp³-hybridized carbons (Fsp3) is 0.0588. The van der Waals surface area contributed by atoms with Crippen molar-refractivity contribution in [3.8, 4) is 0 Å². The molecule has 0 atom stereocenters. The maximum atomic E-state index is 14.0. The Morgan fingerprint density at radius 1 is 1.17 bits per heavy atom. The van der Waals surface area contributed by atoms with Gasteiger partial charge in [0.15, 0.2) is 0 Å². The molecule has 4 nitrogen and oxygen atoms in total. The summed E-state index contributed by atoms with van der Waals surface area (Å²) in [5, 5.41) is 19.1. The van der Waals surface area contributed by atoms with E-state index in [0.717, 1.165) is 28.4 Å². The van der Waals surface area contributed by atoms with E-state index in [2.05, 4.69) is 4.98 Å². The van der Waals surface area contributed by atoms with Gasteiger partial charge in [0.05, 0.1) is 28.0 Å². The normalized spacial score (nSPS) is 14.9. The third kappa shape index (κ3) is 2.25. The van der Waals surface area contributed by atoms with Gasteiger partial charge in [-0.05, 0) is 24.3 Å². The van der Waals surface area contributed by atoms with Crippen molar-refractivity contribution in [1.82, 2.24) is 4.98 Å². The monoisotopic (exact) mass is 343 g/mol. The summed E-state index contributed by atoms with van der Waals surface area (Å²) in [6.45, 7) is -0.0928. The van der Waals surface area contributed by atoms with Gasteiger partial charge in [0.2, 0.25) is 0 Å². The molecular weight excluding hydrogens is 332 g/mol. The number of nitrogens with zero attached hydrogens (tertiary/aromatic N) is 2. The number of benzene rings is 2. The van der Waals surface area contributed by atoms with E-state index in [1.807, 2.05) is 24.3 Å². The molecule has 7 heteroatoms.